The maximum atomic E-state index is 12.8. The third kappa shape index (κ3) is 5.61. The summed E-state index contributed by atoms with van der Waals surface area (Å²) in [4.78, 5) is 17.0. The lowest BCUT2D eigenvalue weighted by atomic mass is 10.1. The molecule has 1 aromatic carbocycles. The number of hydrazine groups is 1. The number of hydrogen-bond acceptors (Lipinski definition) is 4. The highest BCUT2D eigenvalue weighted by Crippen LogP contribution is 2.22. The highest BCUT2D eigenvalue weighted by atomic mass is 32.1. The van der Waals surface area contributed by atoms with Crippen molar-refractivity contribution in [3.8, 4) is 16.9 Å². The topological polar surface area (TPSA) is 83.9 Å². The van der Waals surface area contributed by atoms with Gasteiger partial charge in [-0.2, -0.15) is 5.10 Å². The molecule has 3 N–H and O–H groups in total. The molecule has 0 radical (unpaired) electrons. The molecule has 7 nitrogen and oxygen atoms in total. The molecule has 150 valence electrons. The van der Waals surface area contributed by atoms with E-state index in [0.717, 1.165) is 24.2 Å². The summed E-state index contributed by atoms with van der Waals surface area (Å²) in [6.07, 6.45) is 6.05. The van der Waals surface area contributed by atoms with Crippen LogP contribution in [0.4, 0.5) is 0 Å². The van der Waals surface area contributed by atoms with Crippen molar-refractivity contribution in [3.63, 3.8) is 0 Å². The lowest BCUT2D eigenvalue weighted by molar-refractivity contribution is 0.0944. The van der Waals surface area contributed by atoms with Crippen molar-refractivity contribution in [2.75, 3.05) is 6.54 Å². The Bertz CT molecular complexity index is 956. The number of carbonyl (C=O) groups excluding carboxylic acids is 1. The molecule has 0 aliphatic rings. The number of nitrogens with zero attached hydrogens (tertiary/aromatic N) is 3. The summed E-state index contributed by atoms with van der Waals surface area (Å²) in [5.41, 5.74) is 7.97. The van der Waals surface area contributed by atoms with E-state index in [1.807, 2.05) is 42.5 Å². The zero-order chi connectivity index (χ0) is 20.6. The molecule has 0 bridgehead atoms. The van der Waals surface area contributed by atoms with E-state index < -0.39 is 0 Å². The molecule has 1 amide bonds. The Morgan fingerprint density at radius 3 is 2.62 bits per heavy atom. The van der Waals surface area contributed by atoms with Crippen LogP contribution in [0, 0.1) is 5.92 Å². The summed E-state index contributed by atoms with van der Waals surface area (Å²) in [7, 11) is 0. The fraction of sp³-hybridized carbons (Fsp3) is 0.238. The van der Waals surface area contributed by atoms with Gasteiger partial charge in [0.15, 0.2) is 5.11 Å². The van der Waals surface area contributed by atoms with Gasteiger partial charge in [0.05, 0.1) is 11.3 Å². The van der Waals surface area contributed by atoms with Gasteiger partial charge in [-0.25, -0.2) is 4.68 Å². The molecule has 0 atom stereocenters. The number of amides is 1. The smallest absolute Gasteiger partial charge is 0.273 e. The highest BCUT2D eigenvalue weighted by molar-refractivity contribution is 7.80. The van der Waals surface area contributed by atoms with Crippen molar-refractivity contribution in [2.45, 2.75) is 20.3 Å². The summed E-state index contributed by atoms with van der Waals surface area (Å²) >= 11 is 5.21. The average molecular weight is 409 g/mol. The Labute approximate surface area is 175 Å². The van der Waals surface area contributed by atoms with Gasteiger partial charge in [-0.1, -0.05) is 32.0 Å². The molecule has 0 fully saturated rings. The van der Waals surface area contributed by atoms with E-state index in [2.05, 4.69) is 40.1 Å². The number of hydrogen-bond donors (Lipinski definition) is 3. The minimum Gasteiger partial charge on any atom is -0.361 e. The van der Waals surface area contributed by atoms with Crippen molar-refractivity contribution < 1.29 is 4.79 Å². The van der Waals surface area contributed by atoms with Gasteiger partial charge >= 0.3 is 0 Å². The minimum atomic E-state index is -0.334. The van der Waals surface area contributed by atoms with Crippen LogP contribution in [0.15, 0.2) is 61.1 Å². The van der Waals surface area contributed by atoms with Gasteiger partial charge in [0.2, 0.25) is 0 Å². The molecule has 8 heteroatoms. The second-order valence-electron chi connectivity index (χ2n) is 6.93. The van der Waals surface area contributed by atoms with Crippen molar-refractivity contribution >= 4 is 23.2 Å². The molecule has 2 heterocycles. The Morgan fingerprint density at radius 1 is 1.14 bits per heavy atom. The molecule has 3 rings (SSSR count). The Morgan fingerprint density at radius 2 is 1.93 bits per heavy atom. The van der Waals surface area contributed by atoms with E-state index >= 15 is 0 Å². The number of pyridine rings is 1. The normalized spacial score (nSPS) is 10.6. The lowest BCUT2D eigenvalue weighted by Crippen LogP contribution is -2.47. The molecule has 0 aliphatic heterocycles. The summed E-state index contributed by atoms with van der Waals surface area (Å²) in [5, 5.41) is 8.05. The Kier molecular flexibility index (Phi) is 6.91. The minimum absolute atomic E-state index is 0.334. The summed E-state index contributed by atoms with van der Waals surface area (Å²) in [5.74, 6) is 0.241. The molecule has 0 spiro atoms. The predicted octanol–water partition coefficient (Wildman–Crippen LogP) is 3.09. The molecule has 2 aromatic heterocycles. The molecule has 0 saturated carbocycles. The third-order valence-electron chi connectivity index (χ3n) is 4.21. The predicted molar refractivity (Wildman–Crippen MR) is 117 cm³/mol. The van der Waals surface area contributed by atoms with Crippen LogP contribution in [-0.4, -0.2) is 32.3 Å². The Balaban J connectivity index is 1.77. The van der Waals surface area contributed by atoms with E-state index in [9.17, 15) is 4.79 Å². The van der Waals surface area contributed by atoms with E-state index in [1.54, 1.807) is 23.3 Å². The fourth-order valence-electron chi connectivity index (χ4n) is 2.67. The van der Waals surface area contributed by atoms with Crippen LogP contribution in [0.2, 0.25) is 0 Å². The molecule has 0 saturated heterocycles. The number of benzene rings is 1. The standard InChI is InChI=1S/C21H24N6OS/c1-15(2)10-12-23-21(29)25-24-20(28)18-14-27(17-8-4-3-5-9-17)26-19(18)16-7-6-11-22-13-16/h3-9,11,13-15H,10,12H2,1-2H3,(H,24,28)(H2,23,25,29). The number of carbonyl (C=O) groups is 1. The number of para-hydroxylation sites is 1. The summed E-state index contributed by atoms with van der Waals surface area (Å²) in [6.45, 7) is 5.03. The van der Waals surface area contributed by atoms with Crippen molar-refractivity contribution in [2.24, 2.45) is 5.92 Å². The highest BCUT2D eigenvalue weighted by Gasteiger charge is 2.19. The van der Waals surface area contributed by atoms with E-state index in [1.165, 1.54) is 0 Å². The van der Waals surface area contributed by atoms with Gasteiger partial charge in [-0.05, 0) is 48.8 Å². The lowest BCUT2D eigenvalue weighted by Gasteiger charge is -2.12. The number of aromatic nitrogens is 3. The van der Waals surface area contributed by atoms with Crippen LogP contribution in [0.1, 0.15) is 30.6 Å². The van der Waals surface area contributed by atoms with Gasteiger partial charge in [-0.15, -0.1) is 0 Å². The first-order chi connectivity index (χ1) is 14.0. The van der Waals surface area contributed by atoms with Crippen molar-refractivity contribution in [3.05, 3.63) is 66.6 Å². The average Bonchev–Trinajstić information content (AvgIpc) is 3.19. The zero-order valence-electron chi connectivity index (χ0n) is 16.4. The maximum Gasteiger partial charge on any atom is 0.273 e. The molecular weight excluding hydrogens is 384 g/mol. The molecular formula is C21H24N6OS. The van der Waals surface area contributed by atoms with E-state index in [-0.39, 0.29) is 5.91 Å². The second-order valence-corrected chi connectivity index (χ2v) is 7.34. The first-order valence-electron chi connectivity index (χ1n) is 9.44. The van der Waals surface area contributed by atoms with Crippen LogP contribution < -0.4 is 16.2 Å². The van der Waals surface area contributed by atoms with Gasteiger partial charge in [-0.3, -0.25) is 20.6 Å². The molecule has 0 unspecified atom stereocenters. The van der Waals surface area contributed by atoms with Gasteiger partial charge < -0.3 is 5.32 Å². The van der Waals surface area contributed by atoms with E-state index in [0.29, 0.717) is 22.3 Å². The fourth-order valence-corrected chi connectivity index (χ4v) is 2.82. The molecule has 29 heavy (non-hydrogen) atoms. The van der Waals surface area contributed by atoms with Crippen LogP contribution in [0.3, 0.4) is 0 Å². The quantitative estimate of drug-likeness (QED) is 0.429. The van der Waals surface area contributed by atoms with Crippen molar-refractivity contribution in [1.82, 2.24) is 30.9 Å². The summed E-state index contributed by atoms with van der Waals surface area (Å²) < 4.78 is 1.68. The monoisotopic (exact) mass is 408 g/mol. The summed E-state index contributed by atoms with van der Waals surface area (Å²) in [6, 6.07) is 13.3. The number of thiocarbonyl (C=S) groups is 1. The molecule has 3 aromatic rings. The van der Waals surface area contributed by atoms with Crippen LogP contribution in [0.5, 0.6) is 0 Å². The van der Waals surface area contributed by atoms with Crippen LogP contribution in [0.25, 0.3) is 16.9 Å². The SMILES string of the molecule is CC(C)CCNC(=S)NNC(=O)c1cn(-c2ccccc2)nc1-c1cccnc1. The van der Waals surface area contributed by atoms with Crippen molar-refractivity contribution in [1.29, 1.82) is 0 Å². The first-order valence-corrected chi connectivity index (χ1v) is 9.85. The third-order valence-corrected chi connectivity index (χ3v) is 4.46. The number of nitrogens with one attached hydrogen (secondary N) is 3. The first kappa shape index (κ1) is 20.5. The van der Waals surface area contributed by atoms with Crippen LogP contribution >= 0.6 is 12.2 Å². The zero-order valence-corrected chi connectivity index (χ0v) is 17.2. The second kappa shape index (κ2) is 9.79. The number of rotatable bonds is 6. The maximum absolute atomic E-state index is 12.8. The largest absolute Gasteiger partial charge is 0.361 e. The van der Waals surface area contributed by atoms with Gasteiger partial charge in [0.25, 0.3) is 5.91 Å². The molecule has 0 aliphatic carbocycles. The Hall–Kier alpha value is -3.26. The van der Waals surface area contributed by atoms with Crippen LogP contribution in [-0.2, 0) is 0 Å². The van der Waals surface area contributed by atoms with Gasteiger partial charge in [0, 0.05) is 30.7 Å². The van der Waals surface area contributed by atoms with E-state index in [4.69, 9.17) is 12.2 Å². The van der Waals surface area contributed by atoms with Gasteiger partial charge in [0.1, 0.15) is 5.69 Å².